The van der Waals surface area contributed by atoms with Crippen LogP contribution in [0.15, 0.2) is 54.6 Å². The van der Waals surface area contributed by atoms with E-state index in [0.29, 0.717) is 0 Å². The molecule has 4 nitrogen and oxygen atoms in total. The van der Waals surface area contributed by atoms with Gasteiger partial charge in [-0.25, -0.2) is 0 Å². The molecule has 0 saturated carbocycles. The fraction of sp³-hybridized carbons (Fsp3) is 0.412. The Bertz CT molecular complexity index is 1330. The molecule has 0 aromatic heterocycles. The van der Waals surface area contributed by atoms with Crippen LogP contribution in [0.25, 0.3) is 11.1 Å². The molecule has 3 aromatic rings. The number of rotatable bonds is 8. The molecule has 198 valence electrons. The van der Waals surface area contributed by atoms with Crippen molar-refractivity contribution in [2.45, 2.75) is 51.4 Å². The lowest BCUT2D eigenvalue weighted by Gasteiger charge is -2.26. The lowest BCUT2D eigenvalue weighted by Crippen LogP contribution is -2.33. The number of hydrogen-bond acceptors (Lipinski definition) is 4. The van der Waals surface area contributed by atoms with Gasteiger partial charge in [0.05, 0.1) is 14.2 Å². The van der Waals surface area contributed by atoms with Crippen molar-refractivity contribution in [3.05, 3.63) is 88.0 Å². The van der Waals surface area contributed by atoms with Crippen LogP contribution in [-0.4, -0.2) is 45.4 Å². The van der Waals surface area contributed by atoms with Crippen LogP contribution in [0.3, 0.4) is 0 Å². The molecule has 3 aliphatic rings. The van der Waals surface area contributed by atoms with E-state index >= 15 is 0 Å². The molecular formula is C34H39NO3. The molecule has 1 atom stereocenters. The number of fused-ring (bicyclic) bond motifs is 4. The Balaban J connectivity index is 1.34. The van der Waals surface area contributed by atoms with Gasteiger partial charge in [0.2, 0.25) is 0 Å². The van der Waals surface area contributed by atoms with Crippen molar-refractivity contribution in [1.82, 2.24) is 4.90 Å². The van der Waals surface area contributed by atoms with Crippen molar-refractivity contribution >= 4 is 11.1 Å². The molecule has 4 heteroatoms. The predicted octanol–water partition coefficient (Wildman–Crippen LogP) is 7.13. The lowest BCUT2D eigenvalue weighted by molar-refractivity contribution is 0.183. The number of nitrogens with zero attached hydrogens (tertiary/aromatic N) is 1. The first-order valence-electron chi connectivity index (χ1n) is 14.3. The van der Waals surface area contributed by atoms with E-state index in [0.717, 1.165) is 49.7 Å². The highest BCUT2D eigenvalue weighted by Crippen LogP contribution is 2.55. The summed E-state index contributed by atoms with van der Waals surface area (Å²) in [5.41, 5.74) is 11.0. The Kier molecular flexibility index (Phi) is 7.16. The molecule has 1 saturated heterocycles. The van der Waals surface area contributed by atoms with Crippen LogP contribution in [-0.2, 0) is 12.8 Å². The van der Waals surface area contributed by atoms with Crippen molar-refractivity contribution < 1.29 is 14.2 Å². The zero-order chi connectivity index (χ0) is 26.1. The number of aryl methyl sites for hydroxylation is 2. The second kappa shape index (κ2) is 10.9. The number of methoxy groups -OCH3 is 2. The van der Waals surface area contributed by atoms with E-state index in [1.807, 2.05) is 0 Å². The Morgan fingerprint density at radius 3 is 2.34 bits per heavy atom. The average molecular weight is 510 g/mol. The minimum atomic E-state index is 0.200. The summed E-state index contributed by atoms with van der Waals surface area (Å²) < 4.78 is 17.5. The largest absolute Gasteiger partial charge is 0.497 e. The van der Waals surface area contributed by atoms with E-state index in [1.54, 1.807) is 14.2 Å². The smallest absolute Gasteiger partial charge is 0.122 e. The maximum atomic E-state index is 6.17. The van der Waals surface area contributed by atoms with Crippen molar-refractivity contribution in [2.24, 2.45) is 0 Å². The quantitative estimate of drug-likeness (QED) is 0.323. The first kappa shape index (κ1) is 25.1. The minimum absolute atomic E-state index is 0.200. The molecule has 6 rings (SSSR count). The topological polar surface area (TPSA) is 30.9 Å². The molecule has 3 aromatic carbocycles. The predicted molar refractivity (Wildman–Crippen MR) is 155 cm³/mol. The molecule has 0 radical (unpaired) electrons. The fourth-order valence-electron chi connectivity index (χ4n) is 6.68. The Hall–Kier alpha value is -3.24. The van der Waals surface area contributed by atoms with Gasteiger partial charge in [-0.3, -0.25) is 4.90 Å². The lowest BCUT2D eigenvalue weighted by atomic mass is 9.79. The Morgan fingerprint density at radius 2 is 1.61 bits per heavy atom. The van der Waals surface area contributed by atoms with Crippen LogP contribution in [0.4, 0.5) is 0 Å². The first-order valence-corrected chi connectivity index (χ1v) is 14.3. The molecule has 1 heterocycles. The van der Waals surface area contributed by atoms with Crippen LogP contribution in [0, 0.1) is 0 Å². The van der Waals surface area contributed by atoms with Crippen molar-refractivity contribution in [2.75, 3.05) is 40.5 Å². The molecule has 0 bridgehead atoms. The summed E-state index contributed by atoms with van der Waals surface area (Å²) in [5, 5.41) is 0. The molecule has 2 aliphatic carbocycles. The summed E-state index contributed by atoms with van der Waals surface area (Å²) in [5.74, 6) is 3.08. The maximum Gasteiger partial charge on any atom is 0.122 e. The third kappa shape index (κ3) is 4.60. The van der Waals surface area contributed by atoms with Gasteiger partial charge in [-0.1, -0.05) is 37.6 Å². The highest BCUT2D eigenvalue weighted by atomic mass is 16.5. The van der Waals surface area contributed by atoms with Crippen LogP contribution >= 0.6 is 0 Å². The number of allylic oxidation sites excluding steroid dienone is 2. The second-order valence-corrected chi connectivity index (χ2v) is 10.8. The number of ether oxygens (including phenoxy) is 3. The third-order valence-corrected chi connectivity index (χ3v) is 8.67. The van der Waals surface area contributed by atoms with E-state index in [9.17, 15) is 0 Å². The van der Waals surface area contributed by atoms with E-state index < -0.39 is 0 Å². The van der Waals surface area contributed by atoms with Crippen molar-refractivity contribution in [1.29, 1.82) is 0 Å². The molecular weight excluding hydrogens is 470 g/mol. The molecule has 0 amide bonds. The van der Waals surface area contributed by atoms with Crippen LogP contribution in [0.2, 0.25) is 0 Å². The summed E-state index contributed by atoms with van der Waals surface area (Å²) in [6.07, 6.45) is 7.01. The van der Waals surface area contributed by atoms with Crippen LogP contribution in [0.5, 0.6) is 17.2 Å². The maximum absolute atomic E-state index is 6.17. The molecule has 1 fully saturated rings. The fourth-order valence-corrected chi connectivity index (χ4v) is 6.68. The van der Waals surface area contributed by atoms with Crippen molar-refractivity contribution in [3.8, 4) is 17.2 Å². The third-order valence-electron chi connectivity index (χ3n) is 8.67. The van der Waals surface area contributed by atoms with E-state index in [1.165, 1.54) is 76.9 Å². The SMILES string of the molecule is CCc1cc2c(cc1OC)C1=C(c3ccc(OC)cc3CC1)C2c1ccc(OCCN2CCCCC2)cc1. The van der Waals surface area contributed by atoms with Gasteiger partial charge >= 0.3 is 0 Å². The van der Waals surface area contributed by atoms with E-state index in [-0.39, 0.29) is 5.92 Å². The zero-order valence-electron chi connectivity index (χ0n) is 23.0. The van der Waals surface area contributed by atoms with Gasteiger partial charge in [0, 0.05) is 12.5 Å². The minimum Gasteiger partial charge on any atom is -0.497 e. The second-order valence-electron chi connectivity index (χ2n) is 10.8. The summed E-state index contributed by atoms with van der Waals surface area (Å²) in [6, 6.07) is 20.1. The van der Waals surface area contributed by atoms with Gasteiger partial charge < -0.3 is 14.2 Å². The zero-order valence-corrected chi connectivity index (χ0v) is 23.0. The Labute approximate surface area is 227 Å². The number of likely N-dealkylation sites (tertiary alicyclic amines) is 1. The normalized spacial score (nSPS) is 18.6. The Morgan fingerprint density at radius 1 is 0.816 bits per heavy atom. The highest BCUT2D eigenvalue weighted by Gasteiger charge is 2.37. The van der Waals surface area contributed by atoms with Crippen molar-refractivity contribution in [3.63, 3.8) is 0 Å². The summed E-state index contributed by atoms with van der Waals surface area (Å²) in [6.45, 7) is 6.38. The summed E-state index contributed by atoms with van der Waals surface area (Å²) in [7, 11) is 3.53. The van der Waals surface area contributed by atoms with E-state index in [4.69, 9.17) is 14.2 Å². The van der Waals surface area contributed by atoms with E-state index in [2.05, 4.69) is 66.4 Å². The summed E-state index contributed by atoms with van der Waals surface area (Å²) in [4.78, 5) is 2.52. The average Bonchev–Trinajstić information content (AvgIpc) is 3.30. The number of benzene rings is 3. The molecule has 1 unspecified atom stereocenters. The highest BCUT2D eigenvalue weighted by molar-refractivity contribution is 6.03. The standard InChI is InChI=1S/C34H39NO3/c1-4-23-21-31-30(22-32(23)37-3)29-14-10-25-20-27(36-2)13-15-28(25)34(29)33(31)24-8-11-26(12-9-24)38-19-18-35-16-6-5-7-17-35/h8-9,11-13,15,20-22,33H,4-7,10,14,16-19H2,1-3H3. The van der Waals surface area contributed by atoms with Gasteiger partial charge in [-0.15, -0.1) is 0 Å². The van der Waals surface area contributed by atoms with Gasteiger partial charge in [0.25, 0.3) is 0 Å². The molecule has 38 heavy (non-hydrogen) atoms. The first-order chi connectivity index (χ1) is 18.7. The molecule has 1 aliphatic heterocycles. The van der Waals surface area contributed by atoms with Crippen LogP contribution < -0.4 is 14.2 Å². The monoisotopic (exact) mass is 509 g/mol. The number of piperidine rings is 1. The van der Waals surface area contributed by atoms with Crippen LogP contribution in [0.1, 0.15) is 71.9 Å². The van der Waals surface area contributed by atoms with Gasteiger partial charge in [0.1, 0.15) is 23.9 Å². The number of hydrogen-bond donors (Lipinski definition) is 0. The van der Waals surface area contributed by atoms with Gasteiger partial charge in [-0.05, 0) is 120 Å². The van der Waals surface area contributed by atoms with Gasteiger partial charge in [-0.2, -0.15) is 0 Å². The molecule has 0 spiro atoms. The van der Waals surface area contributed by atoms with Gasteiger partial charge in [0.15, 0.2) is 0 Å². The molecule has 0 N–H and O–H groups in total. The summed E-state index contributed by atoms with van der Waals surface area (Å²) >= 11 is 0.